The number of likely N-dealkylation sites (N-methyl/N-ethyl adjacent to an activating group) is 1. The summed E-state index contributed by atoms with van der Waals surface area (Å²) >= 11 is 0. The molecule has 0 saturated heterocycles. The van der Waals surface area contributed by atoms with Gasteiger partial charge in [0.05, 0.1) is 12.7 Å². The van der Waals surface area contributed by atoms with Gasteiger partial charge in [-0.3, -0.25) is 4.79 Å². The summed E-state index contributed by atoms with van der Waals surface area (Å²) in [5.41, 5.74) is 0.361. The van der Waals surface area contributed by atoms with Crippen LogP contribution in [-0.2, 0) is 4.74 Å². The lowest BCUT2D eigenvalue weighted by atomic mass is 10.1. The van der Waals surface area contributed by atoms with Crippen molar-refractivity contribution in [1.82, 2.24) is 10.2 Å². The van der Waals surface area contributed by atoms with Crippen LogP contribution in [0.3, 0.4) is 0 Å². The standard InChI is InChI=1S/C13H18N2O4/c1-15(2)5-4-14-12(17)9-6-10(13(18)19-3)8-11(16)7-9/h6-8,16H,4-5H2,1-3H3,(H,14,17). The fourth-order valence-corrected chi connectivity index (χ4v) is 1.47. The number of hydrogen-bond donors (Lipinski definition) is 2. The van der Waals surface area contributed by atoms with Gasteiger partial charge in [-0.1, -0.05) is 0 Å². The van der Waals surface area contributed by atoms with Crippen LogP contribution in [0.25, 0.3) is 0 Å². The molecule has 6 nitrogen and oxygen atoms in total. The largest absolute Gasteiger partial charge is 0.508 e. The molecule has 0 atom stereocenters. The van der Waals surface area contributed by atoms with E-state index >= 15 is 0 Å². The topological polar surface area (TPSA) is 78.9 Å². The molecule has 19 heavy (non-hydrogen) atoms. The summed E-state index contributed by atoms with van der Waals surface area (Å²) in [6.45, 7) is 1.18. The Morgan fingerprint density at radius 3 is 2.47 bits per heavy atom. The Bertz CT molecular complexity index is 472. The molecule has 1 aromatic rings. The lowest BCUT2D eigenvalue weighted by Gasteiger charge is -2.11. The number of benzene rings is 1. The van der Waals surface area contributed by atoms with Gasteiger partial charge in [-0.2, -0.15) is 0 Å². The van der Waals surface area contributed by atoms with Gasteiger partial charge in [0.1, 0.15) is 5.75 Å². The van der Waals surface area contributed by atoms with Crippen LogP contribution < -0.4 is 5.32 Å². The van der Waals surface area contributed by atoms with Gasteiger partial charge in [0.2, 0.25) is 0 Å². The SMILES string of the molecule is COC(=O)c1cc(O)cc(C(=O)NCCN(C)C)c1. The molecule has 0 bridgehead atoms. The molecule has 0 spiro atoms. The van der Waals surface area contributed by atoms with E-state index in [1.807, 2.05) is 19.0 Å². The minimum Gasteiger partial charge on any atom is -0.508 e. The van der Waals surface area contributed by atoms with Crippen LogP contribution in [-0.4, -0.2) is 56.2 Å². The summed E-state index contributed by atoms with van der Waals surface area (Å²) in [6.07, 6.45) is 0. The minimum absolute atomic E-state index is 0.139. The van der Waals surface area contributed by atoms with Gasteiger partial charge >= 0.3 is 5.97 Å². The first kappa shape index (κ1) is 15.0. The second-order valence-corrected chi connectivity index (χ2v) is 4.32. The fourth-order valence-electron chi connectivity index (χ4n) is 1.47. The predicted octanol–water partition coefficient (Wildman–Crippen LogP) is 0.470. The Labute approximate surface area is 112 Å². The number of hydrogen-bond acceptors (Lipinski definition) is 5. The van der Waals surface area contributed by atoms with Crippen molar-refractivity contribution in [3.8, 4) is 5.75 Å². The molecule has 0 aliphatic carbocycles. The molecule has 0 unspecified atom stereocenters. The number of carbonyl (C=O) groups excluding carboxylic acids is 2. The number of ether oxygens (including phenoxy) is 1. The average molecular weight is 266 g/mol. The fraction of sp³-hybridized carbons (Fsp3) is 0.385. The average Bonchev–Trinajstić information content (AvgIpc) is 2.36. The molecule has 0 aliphatic rings. The van der Waals surface area contributed by atoms with Crippen LogP contribution in [0.4, 0.5) is 0 Å². The van der Waals surface area contributed by atoms with Gasteiger partial charge in [-0.15, -0.1) is 0 Å². The highest BCUT2D eigenvalue weighted by Crippen LogP contribution is 2.16. The summed E-state index contributed by atoms with van der Waals surface area (Å²) in [5, 5.41) is 12.2. The van der Waals surface area contributed by atoms with Gasteiger partial charge in [-0.05, 0) is 32.3 Å². The summed E-state index contributed by atoms with van der Waals surface area (Å²) in [5.74, 6) is -1.10. The first-order valence-electron chi connectivity index (χ1n) is 5.79. The first-order chi connectivity index (χ1) is 8.93. The third-order valence-electron chi connectivity index (χ3n) is 2.45. The number of carbonyl (C=O) groups is 2. The number of nitrogens with zero attached hydrogens (tertiary/aromatic N) is 1. The van der Waals surface area contributed by atoms with Gasteiger partial charge in [0, 0.05) is 18.7 Å². The maximum Gasteiger partial charge on any atom is 0.338 e. The molecule has 0 aromatic heterocycles. The van der Waals surface area contributed by atoms with E-state index in [2.05, 4.69) is 10.1 Å². The first-order valence-corrected chi connectivity index (χ1v) is 5.79. The lowest BCUT2D eigenvalue weighted by Crippen LogP contribution is -2.31. The Morgan fingerprint density at radius 2 is 1.89 bits per heavy atom. The quantitative estimate of drug-likeness (QED) is 0.757. The maximum absolute atomic E-state index is 11.8. The summed E-state index contributed by atoms with van der Waals surface area (Å²) in [6, 6.07) is 3.94. The van der Waals surface area contributed by atoms with Crippen molar-refractivity contribution in [2.24, 2.45) is 0 Å². The van der Waals surface area contributed by atoms with E-state index in [1.54, 1.807) is 0 Å². The van der Waals surface area contributed by atoms with Crippen LogP contribution in [0.1, 0.15) is 20.7 Å². The molecule has 1 rings (SSSR count). The Morgan fingerprint density at radius 1 is 1.26 bits per heavy atom. The van der Waals surface area contributed by atoms with Crippen molar-refractivity contribution < 1.29 is 19.4 Å². The molecule has 0 fully saturated rings. The highest BCUT2D eigenvalue weighted by molar-refractivity contribution is 5.98. The number of esters is 1. The van der Waals surface area contributed by atoms with Crippen LogP contribution in [0.5, 0.6) is 5.75 Å². The molecular weight excluding hydrogens is 248 g/mol. The van der Waals surface area contributed by atoms with Gasteiger partial charge in [0.15, 0.2) is 0 Å². The van der Waals surface area contributed by atoms with Crippen molar-refractivity contribution in [3.05, 3.63) is 29.3 Å². The molecule has 0 radical (unpaired) electrons. The van der Waals surface area contributed by atoms with Crippen LogP contribution in [0.15, 0.2) is 18.2 Å². The summed E-state index contributed by atoms with van der Waals surface area (Å²) < 4.78 is 4.55. The number of phenolic OH excluding ortho intramolecular Hbond substituents is 1. The zero-order chi connectivity index (χ0) is 14.4. The van der Waals surface area contributed by atoms with E-state index in [1.165, 1.54) is 25.3 Å². The molecule has 0 heterocycles. The maximum atomic E-state index is 11.8. The molecule has 1 amide bonds. The molecular formula is C13H18N2O4. The number of amides is 1. The molecule has 0 saturated carbocycles. The highest BCUT2D eigenvalue weighted by Gasteiger charge is 2.12. The van der Waals surface area contributed by atoms with Gasteiger partial charge < -0.3 is 20.1 Å². The summed E-state index contributed by atoms with van der Waals surface area (Å²) in [4.78, 5) is 25.2. The highest BCUT2D eigenvalue weighted by atomic mass is 16.5. The number of nitrogens with one attached hydrogen (secondary N) is 1. The predicted molar refractivity (Wildman–Crippen MR) is 70.3 cm³/mol. The van der Waals surface area contributed by atoms with Crippen molar-refractivity contribution >= 4 is 11.9 Å². The number of methoxy groups -OCH3 is 1. The van der Waals surface area contributed by atoms with E-state index in [9.17, 15) is 14.7 Å². The van der Waals surface area contributed by atoms with Gasteiger partial charge in [-0.25, -0.2) is 4.79 Å². The third-order valence-corrected chi connectivity index (χ3v) is 2.45. The molecule has 104 valence electrons. The zero-order valence-electron chi connectivity index (χ0n) is 11.3. The third kappa shape index (κ3) is 4.59. The monoisotopic (exact) mass is 266 g/mol. The zero-order valence-corrected chi connectivity index (χ0v) is 11.3. The molecule has 0 aliphatic heterocycles. The number of rotatable bonds is 5. The summed E-state index contributed by atoms with van der Waals surface area (Å²) in [7, 11) is 5.04. The van der Waals surface area contributed by atoms with E-state index in [4.69, 9.17) is 0 Å². The van der Waals surface area contributed by atoms with Crippen LogP contribution in [0.2, 0.25) is 0 Å². The second kappa shape index (κ2) is 6.75. The Hall–Kier alpha value is -2.08. The van der Waals surface area contributed by atoms with Crippen molar-refractivity contribution in [2.45, 2.75) is 0 Å². The number of aromatic hydroxyl groups is 1. The molecule has 1 aromatic carbocycles. The van der Waals surface area contributed by atoms with E-state index in [-0.39, 0.29) is 22.8 Å². The minimum atomic E-state index is -0.599. The van der Waals surface area contributed by atoms with Crippen molar-refractivity contribution in [1.29, 1.82) is 0 Å². The van der Waals surface area contributed by atoms with E-state index in [0.717, 1.165) is 0 Å². The van der Waals surface area contributed by atoms with Crippen molar-refractivity contribution in [3.63, 3.8) is 0 Å². The van der Waals surface area contributed by atoms with E-state index in [0.29, 0.717) is 13.1 Å². The van der Waals surface area contributed by atoms with Gasteiger partial charge in [0.25, 0.3) is 5.91 Å². The molecule has 2 N–H and O–H groups in total. The number of phenols is 1. The van der Waals surface area contributed by atoms with E-state index < -0.39 is 5.97 Å². The normalized spacial score (nSPS) is 10.3. The second-order valence-electron chi connectivity index (χ2n) is 4.32. The lowest BCUT2D eigenvalue weighted by molar-refractivity contribution is 0.0600. The molecule has 6 heteroatoms. The van der Waals surface area contributed by atoms with Crippen LogP contribution >= 0.6 is 0 Å². The Kier molecular flexibility index (Phi) is 5.32. The smallest absolute Gasteiger partial charge is 0.338 e. The van der Waals surface area contributed by atoms with Crippen LogP contribution in [0, 0.1) is 0 Å². The van der Waals surface area contributed by atoms with Crippen molar-refractivity contribution in [2.75, 3.05) is 34.3 Å². The Balaban J connectivity index is 2.79.